The number of aromatic amines is 1. The molecule has 2 heterocycles. The van der Waals surface area contributed by atoms with Crippen LogP contribution in [0.1, 0.15) is 106 Å². The zero-order chi connectivity index (χ0) is 36.4. The van der Waals surface area contributed by atoms with Crippen molar-refractivity contribution in [3.8, 4) is 0 Å². The molecule has 10 heteroatoms. The van der Waals surface area contributed by atoms with Crippen LogP contribution in [0.3, 0.4) is 0 Å². The number of H-pyrrole nitrogens is 1. The third-order valence-corrected chi connectivity index (χ3v) is 14.9. The van der Waals surface area contributed by atoms with Gasteiger partial charge >= 0.3 is 0 Å². The van der Waals surface area contributed by atoms with E-state index in [2.05, 4.69) is 24.0 Å². The lowest BCUT2D eigenvalue weighted by molar-refractivity contribution is -0.160. The number of piperazine rings is 1. The van der Waals surface area contributed by atoms with Gasteiger partial charge in [0.2, 0.25) is 5.91 Å². The Labute approximate surface area is 304 Å². The summed E-state index contributed by atoms with van der Waals surface area (Å²) in [5, 5.41) is 20.2. The van der Waals surface area contributed by atoms with Gasteiger partial charge in [0.1, 0.15) is 11.6 Å². The number of Topliss-reactive ketones (excluding diaryl/α,β-unsaturated/α-hetero) is 1. The summed E-state index contributed by atoms with van der Waals surface area (Å²) in [5.41, 5.74) is 0.161. The molecule has 3 aromatic rings. The highest BCUT2D eigenvalue weighted by molar-refractivity contribution is 5.95. The van der Waals surface area contributed by atoms with E-state index in [-0.39, 0.29) is 34.3 Å². The van der Waals surface area contributed by atoms with Crippen LogP contribution >= 0.6 is 0 Å². The number of fused-ring (bicyclic) bond motifs is 6. The minimum atomic E-state index is -0.879. The Morgan fingerprint density at radius 1 is 0.923 bits per heavy atom. The van der Waals surface area contributed by atoms with Gasteiger partial charge in [-0.15, -0.1) is 0 Å². The number of benzene rings is 2. The molecular formula is C42H51FN4O5. The Morgan fingerprint density at radius 2 is 1.65 bits per heavy atom. The van der Waals surface area contributed by atoms with Gasteiger partial charge in [0.25, 0.3) is 11.5 Å². The molecule has 8 rings (SSSR count). The van der Waals surface area contributed by atoms with Gasteiger partial charge in [-0.1, -0.05) is 38.1 Å². The third kappa shape index (κ3) is 5.80. The van der Waals surface area contributed by atoms with E-state index < -0.39 is 17.3 Å². The maximum Gasteiger partial charge on any atom is 0.272 e. The minimum Gasteiger partial charge on any atom is -0.389 e. The van der Waals surface area contributed by atoms with E-state index >= 15 is 4.39 Å². The van der Waals surface area contributed by atoms with Crippen molar-refractivity contribution in [1.82, 2.24) is 20.0 Å². The third-order valence-electron chi connectivity index (χ3n) is 14.9. The molecule has 1 saturated heterocycles. The maximum absolute atomic E-state index is 15.0. The molecular weight excluding hydrogens is 659 g/mol. The number of aromatic nitrogens is 2. The molecule has 9 nitrogen and oxygen atoms in total. The fraction of sp³-hybridized carbons (Fsp3) is 0.595. The van der Waals surface area contributed by atoms with Crippen LogP contribution in [0.4, 0.5) is 4.39 Å². The minimum absolute atomic E-state index is 0.00467. The standard InChI is InChI=1S/C42H51FN4O5/c1-40-15-11-28(48)25-27(40)8-9-31-33(40)12-16-41(2)34(31)13-17-42(41,52)18-14-37(49)46-19-21-47(22-20-46)39(51)32-23-26(7-10-35(32)43)24-36-29-5-3-4-6-30(29)38(50)45-44-36/h3-7,10,23,27,31,33-34,52H,8-9,11-22,24-25H2,1-2H3,(H,45,50)/t27-,31+,33-,34-,40-,41-,42+/m0/s1. The van der Waals surface area contributed by atoms with E-state index in [1.807, 2.05) is 12.1 Å². The van der Waals surface area contributed by atoms with Crippen LogP contribution < -0.4 is 5.56 Å². The molecule has 5 fully saturated rings. The molecule has 2 aromatic carbocycles. The SMILES string of the molecule is C[C@]12CCC(=O)C[C@@H]1CC[C@@H]1[C@@H]2CC[C@@]2(C)[C@H]1CC[C@@]2(O)CCC(=O)N1CCN(C(=O)c2cc(Cc3n[nH]c(=O)c4ccccc34)ccc2F)CC1. The molecule has 0 unspecified atom stereocenters. The van der Waals surface area contributed by atoms with Crippen LogP contribution in [-0.4, -0.2) is 74.5 Å². The highest BCUT2D eigenvalue weighted by Crippen LogP contribution is 2.68. The van der Waals surface area contributed by atoms with Crippen molar-refractivity contribution >= 4 is 28.4 Å². The number of carbonyl (C=O) groups excluding carboxylic acids is 3. The van der Waals surface area contributed by atoms with E-state index in [4.69, 9.17) is 0 Å². The normalized spacial score (nSPS) is 33.0. The van der Waals surface area contributed by atoms with Crippen molar-refractivity contribution in [2.45, 2.75) is 96.5 Å². The molecule has 1 aromatic heterocycles. The van der Waals surface area contributed by atoms with Crippen molar-refractivity contribution in [3.05, 3.63) is 75.5 Å². The van der Waals surface area contributed by atoms with Crippen LogP contribution in [0.2, 0.25) is 0 Å². The van der Waals surface area contributed by atoms with E-state index in [0.29, 0.717) is 96.9 Å². The van der Waals surface area contributed by atoms with Crippen LogP contribution in [0, 0.1) is 40.3 Å². The molecule has 1 aliphatic heterocycles. The van der Waals surface area contributed by atoms with Gasteiger partial charge in [-0.3, -0.25) is 19.2 Å². The second kappa shape index (κ2) is 13.2. The molecule has 5 aliphatic rings. The van der Waals surface area contributed by atoms with Gasteiger partial charge in [0.15, 0.2) is 0 Å². The van der Waals surface area contributed by atoms with E-state index in [1.165, 1.54) is 6.07 Å². The largest absolute Gasteiger partial charge is 0.389 e. The number of aliphatic hydroxyl groups is 1. The Balaban J connectivity index is 0.873. The molecule has 4 saturated carbocycles. The summed E-state index contributed by atoms with van der Waals surface area (Å²) in [6.07, 6.45) is 9.55. The van der Waals surface area contributed by atoms with Crippen LogP contribution in [0.25, 0.3) is 10.8 Å². The quantitative estimate of drug-likeness (QED) is 0.321. The summed E-state index contributed by atoms with van der Waals surface area (Å²) in [7, 11) is 0. The monoisotopic (exact) mass is 710 g/mol. The number of amides is 2. The predicted molar refractivity (Wildman–Crippen MR) is 195 cm³/mol. The van der Waals surface area contributed by atoms with Crippen molar-refractivity contribution in [2.75, 3.05) is 26.2 Å². The first-order valence-corrected chi connectivity index (χ1v) is 19.5. The first-order valence-electron chi connectivity index (χ1n) is 19.5. The van der Waals surface area contributed by atoms with Crippen molar-refractivity contribution in [2.24, 2.45) is 34.5 Å². The lowest BCUT2D eigenvalue weighted by Crippen LogP contribution is -2.56. The van der Waals surface area contributed by atoms with Gasteiger partial charge in [-0.05, 0) is 110 Å². The highest BCUT2D eigenvalue weighted by Gasteiger charge is 2.64. The molecule has 276 valence electrons. The molecule has 0 radical (unpaired) electrons. The zero-order valence-electron chi connectivity index (χ0n) is 30.5. The fourth-order valence-corrected chi connectivity index (χ4v) is 11.7. The second-order valence-electron chi connectivity index (χ2n) is 17.1. The lowest BCUT2D eigenvalue weighted by Gasteiger charge is -2.61. The lowest BCUT2D eigenvalue weighted by atomic mass is 9.44. The first kappa shape index (κ1) is 35.1. The molecule has 52 heavy (non-hydrogen) atoms. The molecule has 0 spiro atoms. The number of nitrogens with zero attached hydrogens (tertiary/aromatic N) is 3. The van der Waals surface area contributed by atoms with E-state index in [1.54, 1.807) is 34.1 Å². The number of hydrogen-bond acceptors (Lipinski definition) is 6. The van der Waals surface area contributed by atoms with Crippen molar-refractivity contribution in [1.29, 1.82) is 0 Å². The number of ketones is 1. The van der Waals surface area contributed by atoms with Gasteiger partial charge in [0.05, 0.1) is 22.2 Å². The summed E-state index contributed by atoms with van der Waals surface area (Å²) in [6, 6.07) is 11.7. The van der Waals surface area contributed by atoms with E-state index in [9.17, 15) is 24.3 Å². The van der Waals surface area contributed by atoms with Gasteiger partial charge in [0, 0.05) is 57.2 Å². The molecule has 0 bridgehead atoms. The maximum atomic E-state index is 15.0. The number of nitrogens with one attached hydrogen (secondary N) is 1. The Morgan fingerprint density at radius 3 is 2.44 bits per heavy atom. The second-order valence-corrected chi connectivity index (χ2v) is 17.1. The molecule has 2 amide bonds. The summed E-state index contributed by atoms with van der Waals surface area (Å²) in [6.45, 7) is 6.06. The Hall–Kier alpha value is -3.92. The first-order chi connectivity index (χ1) is 24.9. The van der Waals surface area contributed by atoms with Gasteiger partial charge < -0.3 is 14.9 Å². The van der Waals surface area contributed by atoms with Crippen molar-refractivity contribution in [3.63, 3.8) is 0 Å². The topological polar surface area (TPSA) is 124 Å². The predicted octanol–water partition coefficient (Wildman–Crippen LogP) is 6.06. The van der Waals surface area contributed by atoms with Crippen LogP contribution in [-0.2, 0) is 16.0 Å². The summed E-state index contributed by atoms with van der Waals surface area (Å²) >= 11 is 0. The van der Waals surface area contributed by atoms with Crippen LogP contribution in [0.5, 0.6) is 0 Å². The number of carbonyl (C=O) groups is 3. The summed E-state index contributed by atoms with van der Waals surface area (Å²) in [5.74, 6) is 1.55. The van der Waals surface area contributed by atoms with Crippen LogP contribution in [0.15, 0.2) is 47.3 Å². The molecule has 2 N–H and O–H groups in total. The Kier molecular flexibility index (Phi) is 8.91. The molecule has 7 atom stereocenters. The van der Waals surface area contributed by atoms with Gasteiger partial charge in [-0.2, -0.15) is 5.10 Å². The van der Waals surface area contributed by atoms with E-state index in [0.717, 1.165) is 51.4 Å². The summed E-state index contributed by atoms with van der Waals surface area (Å²) < 4.78 is 15.0. The van der Waals surface area contributed by atoms with Crippen molar-refractivity contribution < 1.29 is 23.9 Å². The average Bonchev–Trinajstić information content (AvgIpc) is 3.42. The fourth-order valence-electron chi connectivity index (χ4n) is 11.7. The highest BCUT2D eigenvalue weighted by atomic mass is 19.1. The Bertz CT molecular complexity index is 1970. The zero-order valence-corrected chi connectivity index (χ0v) is 30.5. The van der Waals surface area contributed by atoms with Gasteiger partial charge in [-0.25, -0.2) is 9.49 Å². The number of hydrogen-bond donors (Lipinski definition) is 2. The smallest absolute Gasteiger partial charge is 0.272 e. The number of halogens is 1. The molecule has 4 aliphatic carbocycles. The number of rotatable bonds is 6. The summed E-state index contributed by atoms with van der Waals surface area (Å²) in [4.78, 5) is 55.0. The average molecular weight is 711 g/mol.